The van der Waals surface area contributed by atoms with Gasteiger partial charge in [-0.2, -0.15) is 10.5 Å². The smallest absolute Gasteiger partial charge is 0.337 e. The fraction of sp³-hybridized carbons (Fsp3) is 0.0952. The molecule has 2 heterocycles. The summed E-state index contributed by atoms with van der Waals surface area (Å²) in [6.07, 6.45) is 1.45. The summed E-state index contributed by atoms with van der Waals surface area (Å²) in [6.45, 7) is 0. The second-order valence-corrected chi connectivity index (χ2v) is 7.77. The van der Waals surface area contributed by atoms with Crippen molar-refractivity contribution in [3.63, 3.8) is 0 Å². The average Bonchev–Trinajstić information content (AvgIpc) is 3.29. The number of nitrogens with zero attached hydrogens (tertiary/aromatic N) is 3. The van der Waals surface area contributed by atoms with Crippen molar-refractivity contribution in [2.45, 2.75) is 11.4 Å². The van der Waals surface area contributed by atoms with Gasteiger partial charge in [-0.05, 0) is 30.3 Å². The molecular formula is C21H14ClN5O4S. The molecule has 9 nitrogen and oxygen atoms in total. The first-order valence-electron chi connectivity index (χ1n) is 8.98. The SMILES string of the molecule is N#Cc1c(N)nc(SCCC(=O)Nc2ccc(Cl)c(C(=O)O)c2)c(C#N)c1-c1ccco1. The molecule has 3 rings (SSSR count). The minimum Gasteiger partial charge on any atom is -0.478 e. The summed E-state index contributed by atoms with van der Waals surface area (Å²) in [6, 6.07) is 11.4. The summed E-state index contributed by atoms with van der Waals surface area (Å²) in [7, 11) is 0. The van der Waals surface area contributed by atoms with Gasteiger partial charge in [0.2, 0.25) is 5.91 Å². The Balaban J connectivity index is 1.75. The van der Waals surface area contributed by atoms with Gasteiger partial charge in [0.25, 0.3) is 0 Å². The Kier molecular flexibility index (Phi) is 7.00. The number of furan rings is 1. The number of aromatic carboxylic acids is 1. The van der Waals surface area contributed by atoms with Crippen molar-refractivity contribution in [2.75, 3.05) is 16.8 Å². The molecule has 0 aliphatic rings. The topological polar surface area (TPSA) is 166 Å². The molecule has 0 aliphatic heterocycles. The summed E-state index contributed by atoms with van der Waals surface area (Å²) < 4.78 is 5.35. The summed E-state index contributed by atoms with van der Waals surface area (Å²) in [4.78, 5) is 27.6. The molecule has 0 saturated heterocycles. The zero-order valence-electron chi connectivity index (χ0n) is 16.3. The van der Waals surface area contributed by atoms with Crippen molar-refractivity contribution in [3.8, 4) is 23.5 Å². The van der Waals surface area contributed by atoms with Crippen LogP contribution in [0.1, 0.15) is 27.9 Å². The molecule has 4 N–H and O–H groups in total. The van der Waals surface area contributed by atoms with Crippen LogP contribution in [0.5, 0.6) is 0 Å². The normalized spacial score (nSPS) is 10.2. The van der Waals surface area contributed by atoms with Crippen molar-refractivity contribution in [2.24, 2.45) is 0 Å². The highest BCUT2D eigenvalue weighted by Crippen LogP contribution is 2.36. The van der Waals surface area contributed by atoms with E-state index in [9.17, 15) is 20.1 Å². The molecule has 160 valence electrons. The van der Waals surface area contributed by atoms with Crippen molar-refractivity contribution in [3.05, 3.63) is 58.3 Å². The number of nitriles is 2. The van der Waals surface area contributed by atoms with Crippen LogP contribution < -0.4 is 11.1 Å². The lowest BCUT2D eigenvalue weighted by atomic mass is 10.0. The van der Waals surface area contributed by atoms with Gasteiger partial charge in [0, 0.05) is 17.9 Å². The van der Waals surface area contributed by atoms with Crippen LogP contribution in [0.15, 0.2) is 46.0 Å². The Hall–Kier alpha value is -3.99. The molecule has 0 unspecified atom stereocenters. The minimum atomic E-state index is -1.21. The van der Waals surface area contributed by atoms with Gasteiger partial charge in [0.05, 0.1) is 28.0 Å². The number of carbonyl (C=O) groups excluding carboxylic acids is 1. The number of nitrogens with two attached hydrogens (primary N) is 1. The molecule has 0 aliphatic carbocycles. The number of nitrogen functional groups attached to an aromatic ring is 1. The number of carboxylic acid groups (broad SMARTS) is 1. The number of anilines is 2. The van der Waals surface area contributed by atoms with Crippen LogP contribution in [0, 0.1) is 22.7 Å². The van der Waals surface area contributed by atoms with E-state index in [1.54, 1.807) is 12.1 Å². The first kappa shape index (κ1) is 22.7. The maximum Gasteiger partial charge on any atom is 0.337 e. The fourth-order valence-electron chi connectivity index (χ4n) is 2.80. The van der Waals surface area contributed by atoms with Crippen LogP contribution in [0.25, 0.3) is 11.3 Å². The molecule has 0 spiro atoms. The van der Waals surface area contributed by atoms with Crippen molar-refractivity contribution in [1.29, 1.82) is 10.5 Å². The van der Waals surface area contributed by atoms with E-state index >= 15 is 0 Å². The number of benzene rings is 1. The Morgan fingerprint density at radius 2 is 2.00 bits per heavy atom. The predicted octanol–water partition coefficient (Wildman–Crippen LogP) is 4.14. The van der Waals surface area contributed by atoms with E-state index in [1.807, 2.05) is 12.1 Å². The van der Waals surface area contributed by atoms with E-state index in [0.717, 1.165) is 11.8 Å². The number of pyridine rings is 1. The van der Waals surface area contributed by atoms with Gasteiger partial charge in [-0.15, -0.1) is 11.8 Å². The predicted molar refractivity (Wildman–Crippen MR) is 118 cm³/mol. The molecule has 3 aromatic rings. The highest BCUT2D eigenvalue weighted by Gasteiger charge is 2.22. The zero-order chi connectivity index (χ0) is 23.3. The number of carbonyl (C=O) groups is 2. The second kappa shape index (κ2) is 9.88. The highest BCUT2D eigenvalue weighted by molar-refractivity contribution is 7.99. The molecule has 32 heavy (non-hydrogen) atoms. The first-order valence-corrected chi connectivity index (χ1v) is 10.3. The molecule has 11 heteroatoms. The molecule has 1 aromatic carbocycles. The Labute approximate surface area is 191 Å². The lowest BCUT2D eigenvalue weighted by molar-refractivity contribution is -0.115. The van der Waals surface area contributed by atoms with Crippen LogP contribution in [0.3, 0.4) is 0 Å². The van der Waals surface area contributed by atoms with Crippen LogP contribution in [0.2, 0.25) is 5.02 Å². The summed E-state index contributed by atoms with van der Waals surface area (Å²) in [5.41, 5.74) is 6.49. The van der Waals surface area contributed by atoms with Gasteiger partial charge < -0.3 is 20.6 Å². The lowest BCUT2D eigenvalue weighted by Crippen LogP contribution is -2.13. The quantitative estimate of drug-likeness (QED) is 0.432. The van der Waals surface area contributed by atoms with Crippen LogP contribution >= 0.6 is 23.4 Å². The van der Waals surface area contributed by atoms with E-state index in [4.69, 9.17) is 26.9 Å². The minimum absolute atomic E-state index is 0.0376. The number of aromatic nitrogens is 1. The molecule has 2 aromatic heterocycles. The van der Waals surface area contributed by atoms with Gasteiger partial charge in [-0.25, -0.2) is 9.78 Å². The highest BCUT2D eigenvalue weighted by atomic mass is 35.5. The molecule has 0 radical (unpaired) electrons. The van der Waals surface area contributed by atoms with E-state index in [-0.39, 0.29) is 56.2 Å². The average molecular weight is 468 g/mol. The lowest BCUT2D eigenvalue weighted by Gasteiger charge is -2.11. The first-order chi connectivity index (χ1) is 15.3. The third-order valence-corrected chi connectivity index (χ3v) is 5.54. The number of carboxylic acids is 1. The number of hydrogen-bond donors (Lipinski definition) is 3. The van der Waals surface area contributed by atoms with Gasteiger partial charge in [0.15, 0.2) is 0 Å². The zero-order valence-corrected chi connectivity index (χ0v) is 17.8. The molecule has 0 fully saturated rings. The summed E-state index contributed by atoms with van der Waals surface area (Å²) >= 11 is 6.95. The fourth-order valence-corrected chi connectivity index (χ4v) is 3.93. The van der Waals surface area contributed by atoms with E-state index in [0.29, 0.717) is 11.4 Å². The largest absolute Gasteiger partial charge is 0.478 e. The van der Waals surface area contributed by atoms with Crippen LogP contribution in [-0.2, 0) is 4.79 Å². The van der Waals surface area contributed by atoms with Crippen molar-refractivity contribution in [1.82, 2.24) is 4.98 Å². The second-order valence-electron chi connectivity index (χ2n) is 6.27. The van der Waals surface area contributed by atoms with Crippen molar-refractivity contribution < 1.29 is 19.1 Å². The van der Waals surface area contributed by atoms with Crippen molar-refractivity contribution >= 4 is 46.7 Å². The standard InChI is InChI=1S/C21H14ClN5O4S/c22-15-4-3-11(8-12(15)21(29)30)26-17(28)5-7-32-20-14(10-24)18(16-2-1-6-31-16)13(9-23)19(25)27-20/h1-4,6,8H,5,7H2,(H2,25,27)(H,26,28)(H,29,30). The molecule has 0 atom stereocenters. The Morgan fingerprint density at radius 3 is 2.62 bits per heavy atom. The maximum absolute atomic E-state index is 12.3. The molecule has 0 saturated carbocycles. The number of rotatable bonds is 7. The van der Waals surface area contributed by atoms with Gasteiger partial charge in [-0.3, -0.25) is 4.79 Å². The molecular weight excluding hydrogens is 454 g/mol. The third kappa shape index (κ3) is 4.83. The van der Waals surface area contributed by atoms with Crippen LogP contribution in [0.4, 0.5) is 11.5 Å². The Morgan fingerprint density at radius 1 is 1.25 bits per heavy atom. The third-order valence-electron chi connectivity index (χ3n) is 4.23. The summed E-state index contributed by atoms with van der Waals surface area (Å²) in [5.74, 6) is -1.07. The number of amides is 1. The number of hydrogen-bond acceptors (Lipinski definition) is 8. The number of nitrogens with one attached hydrogen (secondary N) is 1. The Bertz CT molecular complexity index is 1280. The van der Waals surface area contributed by atoms with E-state index in [2.05, 4.69) is 10.3 Å². The van der Waals surface area contributed by atoms with E-state index in [1.165, 1.54) is 24.5 Å². The van der Waals surface area contributed by atoms with Gasteiger partial charge in [0.1, 0.15) is 34.3 Å². The number of halogens is 1. The molecule has 1 amide bonds. The van der Waals surface area contributed by atoms with Gasteiger partial charge in [-0.1, -0.05) is 11.6 Å². The monoisotopic (exact) mass is 467 g/mol. The van der Waals surface area contributed by atoms with Gasteiger partial charge >= 0.3 is 5.97 Å². The molecule has 0 bridgehead atoms. The van der Waals surface area contributed by atoms with Crippen LogP contribution in [-0.4, -0.2) is 27.7 Å². The number of thioether (sulfide) groups is 1. The summed E-state index contributed by atoms with van der Waals surface area (Å²) in [5, 5.41) is 31.2. The maximum atomic E-state index is 12.3. The van der Waals surface area contributed by atoms with E-state index < -0.39 is 5.97 Å².